The van der Waals surface area contributed by atoms with Crippen LogP contribution in [0.4, 0.5) is 14.5 Å². The first-order chi connectivity index (χ1) is 11.1. The number of nitrogens with zero attached hydrogens (tertiary/aromatic N) is 1. The maximum atomic E-state index is 13.0. The number of aryl methyl sites for hydroxylation is 1. The van der Waals surface area contributed by atoms with Crippen molar-refractivity contribution in [2.24, 2.45) is 10.7 Å². The molecule has 2 aromatic rings. The zero-order chi connectivity index (χ0) is 16.7. The Kier molecular flexibility index (Phi) is 8.45. The van der Waals surface area contributed by atoms with E-state index < -0.39 is 11.6 Å². The summed E-state index contributed by atoms with van der Waals surface area (Å²) in [6, 6.07) is 11.3. The molecular weight excluding hydrogens is 427 g/mol. The van der Waals surface area contributed by atoms with E-state index in [9.17, 15) is 8.78 Å². The van der Waals surface area contributed by atoms with Crippen LogP contribution < -0.4 is 15.8 Å². The normalized spacial score (nSPS) is 10.9. The summed E-state index contributed by atoms with van der Waals surface area (Å²) >= 11 is 0. The number of halogens is 3. The summed E-state index contributed by atoms with van der Waals surface area (Å²) in [7, 11) is 0. The molecule has 0 spiro atoms. The van der Waals surface area contributed by atoms with Crippen LogP contribution in [0.15, 0.2) is 47.5 Å². The number of nitrogens with one attached hydrogen (secondary N) is 1. The van der Waals surface area contributed by atoms with Crippen LogP contribution in [0, 0.1) is 11.6 Å². The molecule has 0 aliphatic heterocycles. The minimum atomic E-state index is -0.942. The van der Waals surface area contributed by atoms with Gasteiger partial charge in [-0.3, -0.25) is 0 Å². The van der Waals surface area contributed by atoms with Crippen molar-refractivity contribution in [1.29, 1.82) is 0 Å². The number of hydrogen-bond donors (Lipinski definition) is 2. The molecule has 0 amide bonds. The van der Waals surface area contributed by atoms with E-state index in [-0.39, 0.29) is 42.3 Å². The number of benzene rings is 2. The van der Waals surface area contributed by atoms with Crippen LogP contribution >= 0.6 is 24.0 Å². The van der Waals surface area contributed by atoms with Gasteiger partial charge in [0.25, 0.3) is 0 Å². The maximum absolute atomic E-state index is 13.0. The first-order valence-corrected chi connectivity index (χ1v) is 7.32. The minimum absolute atomic E-state index is 0. The molecule has 3 N–H and O–H groups in total. The Hall–Kier alpha value is -1.90. The Labute approximate surface area is 157 Å². The SMILES string of the molecule is CCc1ccc(NC(N)=NCCOc2ccc(F)c(F)c2)cc1.I. The molecule has 24 heavy (non-hydrogen) atoms. The van der Waals surface area contributed by atoms with Gasteiger partial charge in [0.15, 0.2) is 17.6 Å². The van der Waals surface area contributed by atoms with Gasteiger partial charge < -0.3 is 15.8 Å². The van der Waals surface area contributed by atoms with Crippen molar-refractivity contribution >= 4 is 35.6 Å². The van der Waals surface area contributed by atoms with E-state index in [2.05, 4.69) is 17.2 Å². The third-order valence-corrected chi connectivity index (χ3v) is 3.17. The molecule has 0 aliphatic carbocycles. The highest BCUT2D eigenvalue weighted by Crippen LogP contribution is 2.15. The first-order valence-electron chi connectivity index (χ1n) is 7.32. The lowest BCUT2D eigenvalue weighted by Crippen LogP contribution is -2.23. The fraction of sp³-hybridized carbons (Fsp3) is 0.235. The van der Waals surface area contributed by atoms with E-state index in [1.165, 1.54) is 11.6 Å². The van der Waals surface area contributed by atoms with Crippen molar-refractivity contribution in [3.05, 3.63) is 59.7 Å². The molecule has 0 saturated heterocycles. The smallest absolute Gasteiger partial charge is 0.193 e. The predicted molar refractivity (Wildman–Crippen MR) is 103 cm³/mol. The van der Waals surface area contributed by atoms with Crippen LogP contribution in [-0.2, 0) is 6.42 Å². The van der Waals surface area contributed by atoms with Gasteiger partial charge in [0.2, 0.25) is 0 Å². The van der Waals surface area contributed by atoms with Crippen LogP contribution in [-0.4, -0.2) is 19.1 Å². The number of rotatable bonds is 6. The Morgan fingerprint density at radius 2 is 1.83 bits per heavy atom. The summed E-state index contributed by atoms with van der Waals surface area (Å²) in [5, 5.41) is 2.97. The van der Waals surface area contributed by atoms with Gasteiger partial charge in [-0.2, -0.15) is 0 Å². The van der Waals surface area contributed by atoms with Crippen molar-refractivity contribution < 1.29 is 13.5 Å². The van der Waals surface area contributed by atoms with Crippen LogP contribution in [0.25, 0.3) is 0 Å². The van der Waals surface area contributed by atoms with Crippen molar-refractivity contribution in [3.8, 4) is 5.75 Å². The van der Waals surface area contributed by atoms with Crippen LogP contribution in [0.3, 0.4) is 0 Å². The van der Waals surface area contributed by atoms with Crippen LogP contribution in [0.1, 0.15) is 12.5 Å². The fourth-order valence-electron chi connectivity index (χ4n) is 1.91. The molecule has 0 aliphatic rings. The van der Waals surface area contributed by atoms with E-state index >= 15 is 0 Å². The van der Waals surface area contributed by atoms with Gasteiger partial charge in [-0.05, 0) is 36.2 Å². The standard InChI is InChI=1S/C17H19F2N3O.HI/c1-2-12-3-5-13(6-4-12)22-17(20)21-9-10-23-14-7-8-15(18)16(19)11-14;/h3-8,11H,2,9-10H2,1H3,(H3,20,21,22);1H. The number of nitrogens with two attached hydrogens (primary N) is 1. The lowest BCUT2D eigenvalue weighted by molar-refractivity contribution is 0.325. The average Bonchev–Trinajstić information content (AvgIpc) is 2.55. The zero-order valence-corrected chi connectivity index (χ0v) is 15.6. The van der Waals surface area contributed by atoms with Crippen molar-refractivity contribution in [2.75, 3.05) is 18.5 Å². The highest BCUT2D eigenvalue weighted by molar-refractivity contribution is 14.0. The summed E-state index contributed by atoms with van der Waals surface area (Å²) in [6.45, 7) is 2.60. The summed E-state index contributed by atoms with van der Waals surface area (Å²) in [6.07, 6.45) is 0.977. The summed E-state index contributed by atoms with van der Waals surface area (Å²) < 4.78 is 31.0. The lowest BCUT2D eigenvalue weighted by atomic mass is 10.1. The number of guanidine groups is 1. The predicted octanol–water partition coefficient (Wildman–Crippen LogP) is 3.95. The van der Waals surface area contributed by atoms with Crippen molar-refractivity contribution in [3.63, 3.8) is 0 Å². The van der Waals surface area contributed by atoms with Gasteiger partial charge in [-0.15, -0.1) is 24.0 Å². The molecule has 0 fully saturated rings. The monoisotopic (exact) mass is 447 g/mol. The van der Waals surface area contributed by atoms with Gasteiger partial charge in [-0.25, -0.2) is 13.8 Å². The molecule has 2 aromatic carbocycles. The summed E-state index contributed by atoms with van der Waals surface area (Å²) in [5.74, 6) is -1.33. The molecule has 4 nitrogen and oxygen atoms in total. The van der Waals surface area contributed by atoms with E-state index in [1.807, 2.05) is 24.3 Å². The van der Waals surface area contributed by atoms with Gasteiger partial charge in [0.1, 0.15) is 12.4 Å². The number of hydrogen-bond acceptors (Lipinski definition) is 2. The first kappa shape index (κ1) is 20.1. The van der Waals surface area contributed by atoms with Gasteiger partial charge in [0, 0.05) is 11.8 Å². The third-order valence-electron chi connectivity index (χ3n) is 3.17. The van der Waals surface area contributed by atoms with Crippen LogP contribution in [0.5, 0.6) is 5.75 Å². The van der Waals surface area contributed by atoms with Crippen molar-refractivity contribution in [2.45, 2.75) is 13.3 Å². The number of aliphatic imine (C=N–C) groups is 1. The molecule has 0 bridgehead atoms. The van der Waals surface area contributed by atoms with Gasteiger partial charge >= 0.3 is 0 Å². The second-order valence-electron chi connectivity index (χ2n) is 4.87. The highest BCUT2D eigenvalue weighted by atomic mass is 127. The fourth-order valence-corrected chi connectivity index (χ4v) is 1.91. The summed E-state index contributed by atoms with van der Waals surface area (Å²) in [5.41, 5.74) is 7.87. The zero-order valence-electron chi connectivity index (χ0n) is 13.3. The largest absolute Gasteiger partial charge is 0.492 e. The molecule has 130 valence electrons. The lowest BCUT2D eigenvalue weighted by Gasteiger charge is -2.07. The van der Waals surface area contributed by atoms with Crippen LogP contribution in [0.2, 0.25) is 0 Å². The number of ether oxygens (including phenoxy) is 1. The van der Waals surface area contributed by atoms with E-state index in [4.69, 9.17) is 10.5 Å². The maximum Gasteiger partial charge on any atom is 0.193 e. The Morgan fingerprint density at radius 1 is 1.12 bits per heavy atom. The van der Waals surface area contributed by atoms with Gasteiger partial charge in [0.05, 0.1) is 6.54 Å². The quantitative estimate of drug-likeness (QED) is 0.305. The van der Waals surface area contributed by atoms with E-state index in [0.29, 0.717) is 6.54 Å². The summed E-state index contributed by atoms with van der Waals surface area (Å²) in [4.78, 5) is 4.11. The minimum Gasteiger partial charge on any atom is -0.492 e. The van der Waals surface area contributed by atoms with Crippen molar-refractivity contribution in [1.82, 2.24) is 0 Å². The average molecular weight is 447 g/mol. The Balaban J connectivity index is 0.00000288. The molecule has 0 atom stereocenters. The topological polar surface area (TPSA) is 59.6 Å². The molecule has 0 radical (unpaired) electrons. The third kappa shape index (κ3) is 6.31. The molecule has 0 aromatic heterocycles. The highest BCUT2D eigenvalue weighted by Gasteiger charge is 2.02. The molecule has 0 saturated carbocycles. The van der Waals surface area contributed by atoms with E-state index in [0.717, 1.165) is 24.2 Å². The Bertz CT molecular complexity index is 678. The second-order valence-corrected chi connectivity index (χ2v) is 4.87. The second kappa shape index (κ2) is 10.1. The Morgan fingerprint density at radius 3 is 2.46 bits per heavy atom. The molecule has 2 rings (SSSR count). The molecule has 0 heterocycles. The van der Waals surface area contributed by atoms with E-state index in [1.54, 1.807) is 0 Å². The molecule has 7 heteroatoms. The molecular formula is C17H20F2IN3O. The van der Waals surface area contributed by atoms with Gasteiger partial charge in [-0.1, -0.05) is 19.1 Å². The number of anilines is 1. The molecule has 0 unspecified atom stereocenters.